The number of carbonyl (C=O) groups is 2. The molecule has 0 spiro atoms. The van der Waals surface area contributed by atoms with Crippen molar-refractivity contribution in [2.24, 2.45) is 0 Å². The molecule has 4 rings (SSSR count). The Morgan fingerprint density at radius 3 is 2.16 bits per heavy atom. The summed E-state index contributed by atoms with van der Waals surface area (Å²) in [6, 6.07) is 17.1. The smallest absolute Gasteiger partial charge is 0.339 e. The van der Waals surface area contributed by atoms with Crippen molar-refractivity contribution in [2.75, 3.05) is 11.5 Å². The van der Waals surface area contributed by atoms with Gasteiger partial charge in [-0.2, -0.15) is 11.3 Å². The number of hydrogen-bond acceptors (Lipinski definition) is 5. The first-order valence-corrected chi connectivity index (χ1v) is 9.38. The molecule has 3 aromatic rings. The largest absolute Gasteiger partial charge is 0.452 e. The van der Waals surface area contributed by atoms with Crippen LogP contribution in [0.15, 0.2) is 75.1 Å². The van der Waals surface area contributed by atoms with Gasteiger partial charge >= 0.3 is 5.97 Å². The van der Waals surface area contributed by atoms with Gasteiger partial charge in [-0.3, -0.25) is 9.69 Å². The third-order valence-electron chi connectivity index (χ3n) is 3.77. The van der Waals surface area contributed by atoms with Gasteiger partial charge < -0.3 is 4.74 Å². The Morgan fingerprint density at radius 1 is 0.920 bits per heavy atom. The summed E-state index contributed by atoms with van der Waals surface area (Å²) >= 11 is 3.04. The molecule has 25 heavy (non-hydrogen) atoms. The van der Waals surface area contributed by atoms with Crippen molar-refractivity contribution >= 4 is 46.3 Å². The minimum Gasteiger partial charge on any atom is -0.452 e. The number of thiophene rings is 1. The van der Waals surface area contributed by atoms with Gasteiger partial charge in [-0.15, -0.1) is 0 Å². The predicted octanol–water partition coefficient (Wildman–Crippen LogP) is 4.73. The van der Waals surface area contributed by atoms with Gasteiger partial charge in [0, 0.05) is 15.2 Å². The van der Waals surface area contributed by atoms with Crippen LogP contribution in [0.3, 0.4) is 0 Å². The number of benzene rings is 2. The fourth-order valence-electron chi connectivity index (χ4n) is 2.63. The summed E-state index contributed by atoms with van der Waals surface area (Å²) in [5, 5.41) is 3.50. The average molecular weight is 367 g/mol. The molecule has 1 aromatic heterocycles. The molecule has 0 bridgehead atoms. The van der Waals surface area contributed by atoms with E-state index in [-0.39, 0.29) is 12.5 Å². The number of esters is 1. The van der Waals surface area contributed by atoms with Crippen molar-refractivity contribution in [3.8, 4) is 0 Å². The highest BCUT2D eigenvalue weighted by Gasteiger charge is 2.28. The van der Waals surface area contributed by atoms with Gasteiger partial charge in [0.25, 0.3) is 5.91 Å². The second-order valence-electron chi connectivity index (χ2n) is 5.35. The Labute approximate surface area is 153 Å². The lowest BCUT2D eigenvalue weighted by atomic mass is 10.2. The zero-order valence-electron chi connectivity index (χ0n) is 13.0. The summed E-state index contributed by atoms with van der Waals surface area (Å²) in [6.45, 7) is -0.304. The maximum atomic E-state index is 12.8. The Bertz CT molecular complexity index is 892. The molecule has 0 atom stereocenters. The van der Waals surface area contributed by atoms with Gasteiger partial charge in [-0.25, -0.2) is 4.79 Å². The summed E-state index contributed by atoms with van der Waals surface area (Å²) in [7, 11) is 0. The molecule has 1 aliphatic heterocycles. The fraction of sp³-hybridized carbons (Fsp3) is 0.0526. The Balaban J connectivity index is 1.61. The van der Waals surface area contributed by atoms with E-state index < -0.39 is 5.97 Å². The first-order chi connectivity index (χ1) is 12.2. The molecule has 6 heteroatoms. The van der Waals surface area contributed by atoms with Crippen LogP contribution in [-0.4, -0.2) is 18.5 Å². The zero-order chi connectivity index (χ0) is 17.2. The molecule has 0 unspecified atom stereocenters. The van der Waals surface area contributed by atoms with Gasteiger partial charge in [-0.05, 0) is 35.7 Å². The molecule has 2 heterocycles. The molecule has 124 valence electrons. The first kappa shape index (κ1) is 15.9. The minimum absolute atomic E-state index is 0.274. The molecule has 4 nitrogen and oxygen atoms in total. The Morgan fingerprint density at radius 2 is 1.56 bits per heavy atom. The quantitative estimate of drug-likeness (QED) is 0.628. The topological polar surface area (TPSA) is 46.6 Å². The summed E-state index contributed by atoms with van der Waals surface area (Å²) < 4.78 is 5.20. The Kier molecular flexibility index (Phi) is 4.29. The van der Waals surface area contributed by atoms with Crippen LogP contribution < -0.4 is 4.90 Å². The van der Waals surface area contributed by atoms with Crippen molar-refractivity contribution in [2.45, 2.75) is 9.79 Å². The van der Waals surface area contributed by atoms with E-state index in [4.69, 9.17) is 4.74 Å². The van der Waals surface area contributed by atoms with Crippen LogP contribution in [0.25, 0.3) is 0 Å². The van der Waals surface area contributed by atoms with Crippen LogP contribution in [0, 0.1) is 0 Å². The van der Waals surface area contributed by atoms with Crippen molar-refractivity contribution in [3.63, 3.8) is 0 Å². The van der Waals surface area contributed by atoms with Crippen LogP contribution in [0.4, 0.5) is 11.4 Å². The van der Waals surface area contributed by atoms with Crippen LogP contribution in [0.5, 0.6) is 0 Å². The predicted molar refractivity (Wildman–Crippen MR) is 98.8 cm³/mol. The molecule has 0 radical (unpaired) electrons. The van der Waals surface area contributed by atoms with E-state index in [2.05, 4.69) is 0 Å². The number of rotatable bonds is 3. The normalized spacial score (nSPS) is 12.2. The number of para-hydroxylation sites is 2. The number of nitrogens with zero attached hydrogens (tertiary/aromatic N) is 1. The van der Waals surface area contributed by atoms with Gasteiger partial charge in [0.1, 0.15) is 0 Å². The lowest BCUT2D eigenvalue weighted by molar-refractivity contribution is -0.121. The van der Waals surface area contributed by atoms with Gasteiger partial charge in [0.05, 0.1) is 16.9 Å². The molecule has 0 saturated carbocycles. The fourth-order valence-corrected chi connectivity index (χ4v) is 4.31. The molecular weight excluding hydrogens is 354 g/mol. The summed E-state index contributed by atoms with van der Waals surface area (Å²) in [6.07, 6.45) is 0. The molecule has 0 N–H and O–H groups in total. The van der Waals surface area contributed by atoms with Crippen LogP contribution in [0.2, 0.25) is 0 Å². The van der Waals surface area contributed by atoms with Crippen molar-refractivity contribution in [1.29, 1.82) is 0 Å². The Hall–Kier alpha value is -2.57. The number of anilines is 2. The summed E-state index contributed by atoms with van der Waals surface area (Å²) in [4.78, 5) is 28.5. The maximum absolute atomic E-state index is 12.8. The number of amides is 1. The van der Waals surface area contributed by atoms with E-state index in [1.54, 1.807) is 33.5 Å². The zero-order valence-corrected chi connectivity index (χ0v) is 14.7. The maximum Gasteiger partial charge on any atom is 0.339 e. The van der Waals surface area contributed by atoms with Gasteiger partial charge in [0.2, 0.25) is 0 Å². The summed E-state index contributed by atoms with van der Waals surface area (Å²) in [5.74, 6) is -0.758. The van der Waals surface area contributed by atoms with Crippen LogP contribution in [-0.2, 0) is 9.53 Å². The summed E-state index contributed by atoms with van der Waals surface area (Å²) in [5.41, 5.74) is 2.08. The van der Waals surface area contributed by atoms with E-state index >= 15 is 0 Å². The van der Waals surface area contributed by atoms with Crippen molar-refractivity contribution < 1.29 is 14.3 Å². The minimum atomic E-state index is -0.484. The highest BCUT2D eigenvalue weighted by Crippen LogP contribution is 2.47. The van der Waals surface area contributed by atoms with E-state index in [1.165, 1.54) is 11.3 Å². The number of carbonyl (C=O) groups excluding carboxylic acids is 2. The second-order valence-corrected chi connectivity index (χ2v) is 7.22. The number of fused-ring (bicyclic) bond motifs is 2. The first-order valence-electron chi connectivity index (χ1n) is 7.62. The van der Waals surface area contributed by atoms with E-state index in [0.29, 0.717) is 5.56 Å². The number of hydrogen-bond donors (Lipinski definition) is 0. The lowest BCUT2D eigenvalue weighted by Gasteiger charge is -2.30. The molecule has 0 saturated heterocycles. The third-order valence-corrected chi connectivity index (χ3v) is 5.58. The number of ether oxygens (including phenoxy) is 1. The second kappa shape index (κ2) is 6.74. The molecule has 1 aliphatic rings. The average Bonchev–Trinajstić information content (AvgIpc) is 3.18. The highest BCUT2D eigenvalue weighted by atomic mass is 32.2. The van der Waals surface area contributed by atoms with Gasteiger partial charge in [-0.1, -0.05) is 36.0 Å². The standard InChI is InChI=1S/C19H13NO3S2/c21-18(11-23-19(22)13-9-10-24-12-13)20-14-5-1-3-7-16(14)25-17-8-4-2-6-15(17)20/h1-10,12H,11H2. The van der Waals surface area contributed by atoms with Crippen LogP contribution in [0.1, 0.15) is 10.4 Å². The molecule has 1 amide bonds. The monoisotopic (exact) mass is 367 g/mol. The van der Waals surface area contributed by atoms with Gasteiger partial charge in [0.15, 0.2) is 6.61 Å². The van der Waals surface area contributed by atoms with E-state index in [0.717, 1.165) is 21.2 Å². The molecule has 2 aromatic carbocycles. The third kappa shape index (κ3) is 3.06. The van der Waals surface area contributed by atoms with Crippen molar-refractivity contribution in [1.82, 2.24) is 0 Å². The molecule has 0 fully saturated rings. The molecule has 0 aliphatic carbocycles. The van der Waals surface area contributed by atoms with Crippen molar-refractivity contribution in [3.05, 3.63) is 70.9 Å². The lowest BCUT2D eigenvalue weighted by Crippen LogP contribution is -2.32. The van der Waals surface area contributed by atoms with Crippen LogP contribution >= 0.6 is 23.1 Å². The SMILES string of the molecule is O=C(OCC(=O)N1c2ccccc2Sc2ccccc21)c1ccsc1. The highest BCUT2D eigenvalue weighted by molar-refractivity contribution is 7.99. The van der Waals surface area contributed by atoms with E-state index in [9.17, 15) is 9.59 Å². The van der Waals surface area contributed by atoms with E-state index in [1.807, 2.05) is 48.5 Å². The molecular formula is C19H13NO3S2.